The lowest BCUT2D eigenvalue weighted by molar-refractivity contribution is -0.143. The minimum absolute atomic E-state index is 0.00552. The smallest absolute Gasteiger partial charge is 0.252 e. The lowest BCUT2D eigenvalue weighted by atomic mass is 10.2. The molecule has 1 aromatic rings. The highest BCUT2D eigenvalue weighted by Crippen LogP contribution is 2.15. The van der Waals surface area contributed by atoms with Gasteiger partial charge in [-0.15, -0.1) is 0 Å². The average molecular weight is 248 g/mol. The van der Waals surface area contributed by atoms with Crippen molar-refractivity contribution < 1.29 is 9.53 Å². The van der Waals surface area contributed by atoms with Gasteiger partial charge in [0.1, 0.15) is 12.2 Å². The predicted octanol–water partition coefficient (Wildman–Crippen LogP) is 0.522. The van der Waals surface area contributed by atoms with Crippen LogP contribution in [0.4, 0.5) is 0 Å². The largest absolute Gasteiger partial charge is 0.372 e. The normalized spacial score (nSPS) is 15.9. The lowest BCUT2D eigenvalue weighted by Crippen LogP contribution is -2.44. The first-order valence-corrected chi connectivity index (χ1v) is 5.98. The molecule has 2 rings (SSSR count). The van der Waals surface area contributed by atoms with Gasteiger partial charge in [0.05, 0.1) is 18.8 Å². The monoisotopic (exact) mass is 248 g/mol. The maximum Gasteiger partial charge on any atom is 0.252 e. The molecule has 18 heavy (non-hydrogen) atoms. The van der Waals surface area contributed by atoms with E-state index in [0.29, 0.717) is 31.7 Å². The molecule has 2 heterocycles. The molecule has 6 nitrogen and oxygen atoms in total. The number of nitriles is 1. The number of carbonyl (C=O) groups excluding carboxylic acids is 1. The van der Waals surface area contributed by atoms with E-state index in [-0.39, 0.29) is 12.0 Å². The number of nitrogens with zero attached hydrogens (tertiary/aromatic N) is 4. The second-order valence-electron chi connectivity index (χ2n) is 4.25. The van der Waals surface area contributed by atoms with Crippen LogP contribution in [0.3, 0.4) is 0 Å². The first-order chi connectivity index (χ1) is 8.69. The van der Waals surface area contributed by atoms with E-state index in [2.05, 4.69) is 5.10 Å². The van der Waals surface area contributed by atoms with E-state index in [1.165, 1.54) is 0 Å². The third-order valence-electron chi connectivity index (χ3n) is 3.15. The van der Waals surface area contributed by atoms with Gasteiger partial charge in [-0.05, 0) is 12.5 Å². The van der Waals surface area contributed by atoms with Crippen molar-refractivity contribution in [1.82, 2.24) is 14.7 Å². The molecule has 0 saturated carbocycles. The van der Waals surface area contributed by atoms with Gasteiger partial charge in [-0.25, -0.2) is 0 Å². The molecule has 0 bridgehead atoms. The Morgan fingerprint density at radius 2 is 2.44 bits per heavy atom. The second kappa shape index (κ2) is 5.19. The minimum Gasteiger partial charge on any atom is -0.372 e. The van der Waals surface area contributed by atoms with Gasteiger partial charge in [0, 0.05) is 13.7 Å². The van der Waals surface area contributed by atoms with Crippen molar-refractivity contribution in [2.45, 2.75) is 32.5 Å². The zero-order valence-corrected chi connectivity index (χ0v) is 10.6. The maximum atomic E-state index is 12.2. The number of amides is 1. The van der Waals surface area contributed by atoms with Crippen molar-refractivity contribution >= 4 is 5.91 Å². The summed E-state index contributed by atoms with van der Waals surface area (Å²) in [5, 5.41) is 12.9. The molecule has 0 aliphatic carbocycles. The summed E-state index contributed by atoms with van der Waals surface area (Å²) in [5.74, 6) is 0.00552. The van der Waals surface area contributed by atoms with Crippen LogP contribution in [-0.4, -0.2) is 40.3 Å². The highest BCUT2D eigenvalue weighted by atomic mass is 16.5. The maximum absolute atomic E-state index is 12.2. The third-order valence-corrected chi connectivity index (χ3v) is 3.15. The van der Waals surface area contributed by atoms with Gasteiger partial charge in [0.2, 0.25) is 0 Å². The van der Waals surface area contributed by atoms with Crippen molar-refractivity contribution in [3.05, 3.63) is 17.5 Å². The Labute approximate surface area is 106 Å². The first kappa shape index (κ1) is 12.6. The van der Waals surface area contributed by atoms with Gasteiger partial charge < -0.3 is 9.64 Å². The standard InChI is InChI=1S/C12H16N4O2/c1-3-11(18-2)12(17)15-4-5-16-10(8-15)6-9(7-13)14-16/h6,11H,3-5,8H2,1-2H3. The van der Waals surface area contributed by atoms with E-state index in [9.17, 15) is 4.79 Å². The summed E-state index contributed by atoms with van der Waals surface area (Å²) in [4.78, 5) is 13.9. The van der Waals surface area contributed by atoms with Crippen LogP contribution >= 0.6 is 0 Å². The van der Waals surface area contributed by atoms with Crippen LogP contribution < -0.4 is 0 Å². The molecule has 1 atom stereocenters. The molecule has 0 spiro atoms. The van der Waals surface area contributed by atoms with Crippen LogP contribution in [0.2, 0.25) is 0 Å². The Morgan fingerprint density at radius 3 is 3.06 bits per heavy atom. The lowest BCUT2D eigenvalue weighted by Gasteiger charge is -2.30. The molecule has 0 aromatic carbocycles. The Morgan fingerprint density at radius 1 is 1.67 bits per heavy atom. The highest BCUT2D eigenvalue weighted by molar-refractivity contribution is 5.81. The number of aromatic nitrogens is 2. The Bertz CT molecular complexity index is 485. The van der Waals surface area contributed by atoms with E-state index in [1.54, 1.807) is 22.8 Å². The highest BCUT2D eigenvalue weighted by Gasteiger charge is 2.27. The second-order valence-corrected chi connectivity index (χ2v) is 4.25. The number of hydrogen-bond donors (Lipinski definition) is 0. The number of fused-ring (bicyclic) bond motifs is 1. The van der Waals surface area contributed by atoms with Crippen LogP contribution in [0.25, 0.3) is 0 Å². The van der Waals surface area contributed by atoms with Crippen LogP contribution in [-0.2, 0) is 22.6 Å². The van der Waals surface area contributed by atoms with E-state index < -0.39 is 0 Å². The van der Waals surface area contributed by atoms with Crippen LogP contribution in [0, 0.1) is 11.3 Å². The molecule has 1 aliphatic heterocycles. The molecule has 0 N–H and O–H groups in total. The molecule has 1 aliphatic rings. The molecule has 96 valence electrons. The van der Waals surface area contributed by atoms with Crippen molar-refractivity contribution in [3.63, 3.8) is 0 Å². The minimum atomic E-state index is -0.380. The Balaban J connectivity index is 2.12. The number of ether oxygens (including phenoxy) is 1. The summed E-state index contributed by atoms with van der Waals surface area (Å²) >= 11 is 0. The summed E-state index contributed by atoms with van der Waals surface area (Å²) in [5.41, 5.74) is 1.30. The predicted molar refractivity (Wildman–Crippen MR) is 63.4 cm³/mol. The third kappa shape index (κ3) is 2.22. The van der Waals surface area contributed by atoms with E-state index in [0.717, 1.165) is 5.69 Å². The van der Waals surface area contributed by atoms with Crippen LogP contribution in [0.15, 0.2) is 6.07 Å². The summed E-state index contributed by atoms with van der Waals surface area (Å²) in [7, 11) is 1.55. The molecule has 0 radical (unpaired) electrons. The number of rotatable bonds is 3. The average Bonchev–Trinajstić information content (AvgIpc) is 2.81. The first-order valence-electron chi connectivity index (χ1n) is 5.98. The summed E-state index contributed by atoms with van der Waals surface area (Å²) < 4.78 is 6.95. The van der Waals surface area contributed by atoms with Gasteiger partial charge in [-0.2, -0.15) is 10.4 Å². The zero-order valence-electron chi connectivity index (χ0n) is 10.6. The molecule has 1 amide bonds. The zero-order chi connectivity index (χ0) is 13.1. The van der Waals surface area contributed by atoms with Crippen molar-refractivity contribution in [1.29, 1.82) is 5.26 Å². The number of carbonyl (C=O) groups is 1. The van der Waals surface area contributed by atoms with Crippen molar-refractivity contribution in [3.8, 4) is 6.07 Å². The van der Waals surface area contributed by atoms with Crippen LogP contribution in [0.1, 0.15) is 24.7 Å². The van der Waals surface area contributed by atoms with E-state index in [4.69, 9.17) is 10.00 Å². The quantitative estimate of drug-likeness (QED) is 0.782. The van der Waals surface area contributed by atoms with Gasteiger partial charge in [0.15, 0.2) is 5.69 Å². The van der Waals surface area contributed by atoms with E-state index >= 15 is 0 Å². The fraction of sp³-hybridized carbons (Fsp3) is 0.583. The van der Waals surface area contributed by atoms with Gasteiger partial charge >= 0.3 is 0 Å². The molecule has 0 saturated heterocycles. The SMILES string of the molecule is CCC(OC)C(=O)N1CCn2nc(C#N)cc2C1. The summed E-state index contributed by atoms with van der Waals surface area (Å²) in [6.45, 7) is 3.66. The molecule has 1 unspecified atom stereocenters. The molecule has 6 heteroatoms. The number of hydrogen-bond acceptors (Lipinski definition) is 4. The van der Waals surface area contributed by atoms with Gasteiger partial charge in [0.25, 0.3) is 5.91 Å². The van der Waals surface area contributed by atoms with Crippen LogP contribution in [0.5, 0.6) is 0 Å². The number of methoxy groups -OCH3 is 1. The van der Waals surface area contributed by atoms with Gasteiger partial charge in [-0.3, -0.25) is 9.48 Å². The topological polar surface area (TPSA) is 71.2 Å². The molecular weight excluding hydrogens is 232 g/mol. The fourth-order valence-corrected chi connectivity index (χ4v) is 2.15. The molecular formula is C12H16N4O2. The Kier molecular flexibility index (Phi) is 3.63. The molecule has 1 aromatic heterocycles. The fourth-order valence-electron chi connectivity index (χ4n) is 2.15. The summed E-state index contributed by atoms with van der Waals surface area (Å²) in [6.07, 6.45) is 0.282. The van der Waals surface area contributed by atoms with Crippen molar-refractivity contribution in [2.24, 2.45) is 0 Å². The van der Waals surface area contributed by atoms with E-state index in [1.807, 2.05) is 13.0 Å². The van der Waals surface area contributed by atoms with Gasteiger partial charge in [-0.1, -0.05) is 6.92 Å². The Hall–Kier alpha value is -1.87. The molecule has 0 fully saturated rings. The van der Waals surface area contributed by atoms with Crippen molar-refractivity contribution in [2.75, 3.05) is 13.7 Å². The summed E-state index contributed by atoms with van der Waals surface area (Å²) in [6, 6.07) is 3.74.